The van der Waals surface area contributed by atoms with E-state index in [0.717, 1.165) is 36.2 Å². The molecule has 6 heteroatoms. The van der Waals surface area contributed by atoms with E-state index in [4.69, 9.17) is 0 Å². The van der Waals surface area contributed by atoms with Crippen molar-refractivity contribution in [1.82, 2.24) is 24.6 Å². The van der Waals surface area contributed by atoms with Crippen LogP contribution < -0.4 is 0 Å². The number of amides is 1. The zero-order valence-electron chi connectivity index (χ0n) is 12.4. The number of H-pyrrole nitrogens is 1. The Bertz CT molecular complexity index is 801. The summed E-state index contributed by atoms with van der Waals surface area (Å²) in [5.74, 6) is 0.895. The molecule has 6 nitrogen and oxygen atoms in total. The van der Waals surface area contributed by atoms with Crippen molar-refractivity contribution in [3.05, 3.63) is 48.0 Å². The molecule has 0 saturated carbocycles. The summed E-state index contributed by atoms with van der Waals surface area (Å²) in [6.45, 7) is 0.759. The Morgan fingerprint density at radius 3 is 3.00 bits per heavy atom. The normalized spacial score (nSPS) is 18.2. The summed E-state index contributed by atoms with van der Waals surface area (Å²) in [5.41, 5.74) is 2.59. The summed E-state index contributed by atoms with van der Waals surface area (Å²) in [4.78, 5) is 22.6. The van der Waals surface area contributed by atoms with E-state index in [1.165, 1.54) is 0 Å². The number of aromatic amines is 1. The lowest BCUT2D eigenvalue weighted by atomic mass is 10.2. The van der Waals surface area contributed by atoms with Crippen LogP contribution in [0.25, 0.3) is 11.0 Å². The first-order valence-corrected chi connectivity index (χ1v) is 7.46. The molecule has 0 aliphatic carbocycles. The lowest BCUT2D eigenvalue weighted by molar-refractivity contribution is 0.0730. The largest absolute Gasteiger partial charge is 0.340 e. The Labute approximate surface area is 127 Å². The van der Waals surface area contributed by atoms with Crippen LogP contribution in [0.1, 0.15) is 35.1 Å². The van der Waals surface area contributed by atoms with Gasteiger partial charge in [-0.1, -0.05) is 12.1 Å². The van der Waals surface area contributed by atoms with Crippen LogP contribution in [0.3, 0.4) is 0 Å². The molecule has 1 atom stereocenters. The Hall–Kier alpha value is -2.63. The Kier molecular flexibility index (Phi) is 2.96. The highest BCUT2D eigenvalue weighted by molar-refractivity contribution is 5.94. The highest BCUT2D eigenvalue weighted by Crippen LogP contribution is 2.32. The van der Waals surface area contributed by atoms with Crippen LogP contribution in [0.2, 0.25) is 0 Å². The van der Waals surface area contributed by atoms with Gasteiger partial charge >= 0.3 is 0 Å². The third kappa shape index (κ3) is 2.07. The van der Waals surface area contributed by atoms with Crippen molar-refractivity contribution in [3.8, 4) is 0 Å². The number of fused-ring (bicyclic) bond motifs is 1. The first kappa shape index (κ1) is 13.1. The maximum Gasteiger partial charge on any atom is 0.257 e. The Balaban J connectivity index is 1.67. The molecule has 4 rings (SSSR count). The number of carbonyl (C=O) groups is 1. The van der Waals surface area contributed by atoms with Gasteiger partial charge in [-0.2, -0.15) is 5.10 Å². The molecule has 1 saturated heterocycles. The number of aryl methyl sites for hydroxylation is 1. The molecule has 3 aromatic rings. The standard InChI is InChI=1S/C16H17N5O/c1-20-10-11(9-17-20)16(22)21-8-4-7-14(21)15-18-12-5-2-3-6-13(12)19-15/h2-3,5-6,9-10,14H,4,7-8H2,1H3,(H,18,19)/t14-/m0/s1. The SMILES string of the molecule is Cn1cc(C(=O)N2CCC[C@H]2c2nc3ccccc3[nH]2)cn1. The van der Waals surface area contributed by atoms with Crippen LogP contribution in [0.5, 0.6) is 0 Å². The number of carbonyl (C=O) groups excluding carboxylic acids is 1. The van der Waals surface area contributed by atoms with Crippen molar-refractivity contribution in [2.45, 2.75) is 18.9 Å². The lowest BCUT2D eigenvalue weighted by Gasteiger charge is -2.22. The van der Waals surface area contributed by atoms with E-state index in [2.05, 4.69) is 15.1 Å². The first-order valence-electron chi connectivity index (χ1n) is 7.46. The highest BCUT2D eigenvalue weighted by atomic mass is 16.2. The van der Waals surface area contributed by atoms with Gasteiger partial charge in [0.1, 0.15) is 5.82 Å². The minimum atomic E-state index is 0.0140. The molecule has 1 fully saturated rings. The average Bonchev–Trinajstić information content (AvgIpc) is 3.24. The van der Waals surface area contributed by atoms with E-state index in [1.807, 2.05) is 36.2 Å². The number of rotatable bonds is 2. The Morgan fingerprint density at radius 2 is 2.23 bits per heavy atom. The van der Waals surface area contributed by atoms with E-state index in [9.17, 15) is 4.79 Å². The molecule has 0 radical (unpaired) electrons. The van der Waals surface area contributed by atoms with Gasteiger partial charge in [0, 0.05) is 19.8 Å². The number of para-hydroxylation sites is 2. The maximum atomic E-state index is 12.7. The summed E-state index contributed by atoms with van der Waals surface area (Å²) in [5, 5.41) is 4.09. The fourth-order valence-corrected chi connectivity index (χ4v) is 3.12. The fraction of sp³-hybridized carbons (Fsp3) is 0.312. The third-order valence-corrected chi connectivity index (χ3v) is 4.19. The minimum Gasteiger partial charge on any atom is -0.340 e. The van der Waals surface area contributed by atoms with Gasteiger partial charge in [0.2, 0.25) is 0 Å². The molecule has 0 unspecified atom stereocenters. The molecule has 1 aliphatic rings. The maximum absolute atomic E-state index is 12.7. The van der Waals surface area contributed by atoms with Gasteiger partial charge in [0.05, 0.1) is 28.8 Å². The second-order valence-corrected chi connectivity index (χ2v) is 5.70. The zero-order chi connectivity index (χ0) is 15.1. The third-order valence-electron chi connectivity index (χ3n) is 4.19. The fourth-order valence-electron chi connectivity index (χ4n) is 3.12. The number of likely N-dealkylation sites (tertiary alicyclic amines) is 1. The monoisotopic (exact) mass is 295 g/mol. The van der Waals surface area contributed by atoms with Gasteiger partial charge in [0.15, 0.2) is 0 Å². The molecular weight excluding hydrogens is 278 g/mol. The van der Waals surface area contributed by atoms with Crippen molar-refractivity contribution < 1.29 is 4.79 Å². The number of hydrogen-bond acceptors (Lipinski definition) is 3. The van der Waals surface area contributed by atoms with Crippen LogP contribution in [0.15, 0.2) is 36.7 Å². The second-order valence-electron chi connectivity index (χ2n) is 5.70. The molecule has 1 aliphatic heterocycles. The minimum absolute atomic E-state index is 0.0140. The number of imidazole rings is 1. The van der Waals surface area contributed by atoms with Gasteiger partial charge in [0.25, 0.3) is 5.91 Å². The summed E-state index contributed by atoms with van der Waals surface area (Å²) in [6.07, 6.45) is 5.31. The molecule has 2 aromatic heterocycles. The van der Waals surface area contributed by atoms with Crippen molar-refractivity contribution in [1.29, 1.82) is 0 Å². The molecule has 112 valence electrons. The van der Waals surface area contributed by atoms with Gasteiger partial charge in [-0.3, -0.25) is 9.48 Å². The van der Waals surface area contributed by atoms with Gasteiger partial charge < -0.3 is 9.88 Å². The van der Waals surface area contributed by atoms with E-state index in [-0.39, 0.29) is 11.9 Å². The van der Waals surface area contributed by atoms with E-state index >= 15 is 0 Å². The molecule has 0 spiro atoms. The van der Waals surface area contributed by atoms with Crippen LogP contribution in [0.4, 0.5) is 0 Å². The van der Waals surface area contributed by atoms with Gasteiger partial charge in [-0.25, -0.2) is 4.98 Å². The second kappa shape index (κ2) is 4.98. The topological polar surface area (TPSA) is 66.8 Å². The quantitative estimate of drug-likeness (QED) is 0.788. The highest BCUT2D eigenvalue weighted by Gasteiger charge is 2.33. The van der Waals surface area contributed by atoms with Crippen LogP contribution in [0, 0.1) is 0 Å². The first-order chi connectivity index (χ1) is 10.7. The van der Waals surface area contributed by atoms with Crippen LogP contribution in [-0.4, -0.2) is 37.1 Å². The van der Waals surface area contributed by atoms with Crippen molar-refractivity contribution in [2.75, 3.05) is 6.54 Å². The predicted molar refractivity (Wildman–Crippen MR) is 82.3 cm³/mol. The summed E-state index contributed by atoms with van der Waals surface area (Å²) < 4.78 is 1.65. The van der Waals surface area contributed by atoms with Gasteiger partial charge in [-0.15, -0.1) is 0 Å². The van der Waals surface area contributed by atoms with E-state index < -0.39 is 0 Å². The number of nitrogens with one attached hydrogen (secondary N) is 1. The molecule has 1 aromatic carbocycles. The van der Waals surface area contributed by atoms with E-state index in [0.29, 0.717) is 5.56 Å². The van der Waals surface area contributed by atoms with Crippen LogP contribution >= 0.6 is 0 Å². The molecule has 0 bridgehead atoms. The number of nitrogens with zero attached hydrogens (tertiary/aromatic N) is 4. The number of benzene rings is 1. The molecule has 1 amide bonds. The average molecular weight is 295 g/mol. The lowest BCUT2D eigenvalue weighted by Crippen LogP contribution is -2.30. The van der Waals surface area contributed by atoms with Crippen LogP contribution in [-0.2, 0) is 7.05 Å². The van der Waals surface area contributed by atoms with Crippen molar-refractivity contribution >= 4 is 16.9 Å². The van der Waals surface area contributed by atoms with Crippen molar-refractivity contribution in [2.24, 2.45) is 7.05 Å². The summed E-state index contributed by atoms with van der Waals surface area (Å²) in [6, 6.07) is 7.96. The summed E-state index contributed by atoms with van der Waals surface area (Å²) in [7, 11) is 1.82. The van der Waals surface area contributed by atoms with Crippen molar-refractivity contribution in [3.63, 3.8) is 0 Å². The summed E-state index contributed by atoms with van der Waals surface area (Å²) >= 11 is 0. The smallest absolute Gasteiger partial charge is 0.257 e. The Morgan fingerprint density at radius 1 is 1.36 bits per heavy atom. The predicted octanol–water partition coefficient (Wildman–Crippen LogP) is 2.27. The zero-order valence-corrected chi connectivity index (χ0v) is 12.4. The molecule has 3 heterocycles. The molecule has 1 N–H and O–H groups in total. The molecule has 22 heavy (non-hydrogen) atoms. The number of hydrogen-bond donors (Lipinski definition) is 1. The van der Waals surface area contributed by atoms with E-state index in [1.54, 1.807) is 17.1 Å². The number of aromatic nitrogens is 4. The van der Waals surface area contributed by atoms with Gasteiger partial charge in [-0.05, 0) is 25.0 Å². The molecular formula is C16H17N5O.